The predicted molar refractivity (Wildman–Crippen MR) is 54.5 cm³/mol. The van der Waals surface area contributed by atoms with Gasteiger partial charge in [-0.25, -0.2) is 0 Å². The highest BCUT2D eigenvalue weighted by molar-refractivity contribution is 9.10. The van der Waals surface area contributed by atoms with Crippen LogP contribution >= 0.6 is 15.9 Å². The zero-order valence-electron chi connectivity index (χ0n) is 7.40. The molecule has 1 aromatic rings. The van der Waals surface area contributed by atoms with E-state index in [9.17, 15) is 10.0 Å². The van der Waals surface area contributed by atoms with Gasteiger partial charge in [-0.15, -0.1) is 0 Å². The molecule has 0 radical (unpaired) electrons. The van der Waals surface area contributed by atoms with Crippen molar-refractivity contribution in [1.29, 1.82) is 0 Å². The average molecular weight is 255 g/mol. The summed E-state index contributed by atoms with van der Waals surface area (Å²) in [5, 5.41) is 11.1. The van der Waals surface area contributed by atoms with E-state index >= 15 is 0 Å². The fraction of sp³-hybridized carbons (Fsp3) is 0.222. The van der Waals surface area contributed by atoms with Crippen molar-refractivity contribution in [1.82, 2.24) is 0 Å². The summed E-state index contributed by atoms with van der Waals surface area (Å²) in [5.74, 6) is -0.117. The fourth-order valence-electron chi connectivity index (χ4n) is 1.35. The maximum Gasteiger partial charge on any atom is 0.195 e. The Kier molecular flexibility index (Phi) is 2.11. The summed E-state index contributed by atoms with van der Waals surface area (Å²) < 4.78 is 1.21. The van der Waals surface area contributed by atoms with Crippen LogP contribution in [0.5, 0.6) is 0 Å². The molecule has 72 valence electrons. The van der Waals surface area contributed by atoms with Gasteiger partial charge in [0, 0.05) is 11.8 Å². The first-order chi connectivity index (χ1) is 6.59. The molecule has 1 aliphatic heterocycles. The number of aromatic nitrogens is 1. The Morgan fingerprint density at radius 2 is 2.29 bits per heavy atom. The molecule has 1 aromatic heterocycles. The lowest BCUT2D eigenvalue weighted by Crippen LogP contribution is -2.31. The third-order valence-corrected chi connectivity index (χ3v) is 2.75. The predicted octanol–water partition coefficient (Wildman–Crippen LogP) is 1.09. The molecule has 0 saturated carbocycles. The number of pyridine rings is 1. The molecule has 0 aliphatic carbocycles. The van der Waals surface area contributed by atoms with Crippen molar-refractivity contribution in [2.24, 2.45) is 4.99 Å². The van der Waals surface area contributed by atoms with Gasteiger partial charge in [-0.3, -0.25) is 9.79 Å². The summed E-state index contributed by atoms with van der Waals surface area (Å²) in [4.78, 5) is 15.7. The smallest absolute Gasteiger partial charge is 0.195 e. The molecule has 0 bridgehead atoms. The number of carbonyl (C=O) groups excluding carboxylic acids is 1. The van der Waals surface area contributed by atoms with Crippen LogP contribution in [-0.4, -0.2) is 18.0 Å². The minimum Gasteiger partial charge on any atom is -0.619 e. The molecule has 2 rings (SSSR count). The normalized spacial score (nSPS) is 19.6. The van der Waals surface area contributed by atoms with Crippen molar-refractivity contribution >= 4 is 27.9 Å². The molecule has 0 fully saturated rings. The van der Waals surface area contributed by atoms with Gasteiger partial charge in [-0.1, -0.05) is 0 Å². The Balaban J connectivity index is 2.68. The third kappa shape index (κ3) is 1.33. The zero-order valence-corrected chi connectivity index (χ0v) is 8.98. The van der Waals surface area contributed by atoms with Gasteiger partial charge in [0.25, 0.3) is 0 Å². The van der Waals surface area contributed by atoms with Crippen molar-refractivity contribution in [3.05, 3.63) is 33.2 Å². The summed E-state index contributed by atoms with van der Waals surface area (Å²) in [6.07, 6.45) is 4.25. The molecule has 0 N–H and O–H groups in total. The van der Waals surface area contributed by atoms with Crippen LogP contribution in [0.15, 0.2) is 21.9 Å². The van der Waals surface area contributed by atoms with Gasteiger partial charge >= 0.3 is 0 Å². The Morgan fingerprint density at radius 3 is 3.00 bits per heavy atom. The highest BCUT2D eigenvalue weighted by atomic mass is 79.9. The number of carbonyl (C=O) groups is 1. The highest BCUT2D eigenvalue weighted by Crippen LogP contribution is 2.21. The zero-order chi connectivity index (χ0) is 10.3. The molecule has 0 aromatic carbocycles. The second kappa shape index (κ2) is 3.16. The monoisotopic (exact) mass is 254 g/mol. The van der Waals surface area contributed by atoms with E-state index in [-0.39, 0.29) is 5.78 Å². The van der Waals surface area contributed by atoms with Gasteiger partial charge in [-0.05, 0) is 22.9 Å². The van der Waals surface area contributed by atoms with Crippen molar-refractivity contribution in [3.8, 4) is 0 Å². The standard InChI is InChI=1S/C9H7BrN2O2/c1-5-9(13)7-3-12(14)4-8(10)6(7)2-11-5/h2-5H,1H3. The Bertz CT molecular complexity index is 443. The lowest BCUT2D eigenvalue weighted by molar-refractivity contribution is -0.606. The van der Waals surface area contributed by atoms with Crippen molar-refractivity contribution in [2.75, 3.05) is 0 Å². The van der Waals surface area contributed by atoms with E-state index in [1.54, 1.807) is 13.1 Å². The number of ketones is 1. The Hall–Kier alpha value is -1.23. The van der Waals surface area contributed by atoms with Crippen LogP contribution in [0.2, 0.25) is 0 Å². The first kappa shape index (κ1) is 9.33. The number of nitrogens with zero attached hydrogens (tertiary/aromatic N) is 2. The molecule has 14 heavy (non-hydrogen) atoms. The summed E-state index contributed by atoms with van der Waals surface area (Å²) >= 11 is 3.22. The molecule has 1 aliphatic rings. The van der Waals surface area contributed by atoms with Gasteiger partial charge in [0.2, 0.25) is 0 Å². The molecule has 2 heterocycles. The quantitative estimate of drug-likeness (QED) is 0.514. The fourth-order valence-corrected chi connectivity index (χ4v) is 1.87. The van der Waals surface area contributed by atoms with Gasteiger partial charge in [0.05, 0.1) is 10.0 Å². The maximum atomic E-state index is 11.6. The highest BCUT2D eigenvalue weighted by Gasteiger charge is 2.25. The van der Waals surface area contributed by atoms with E-state index in [0.29, 0.717) is 20.3 Å². The molecular weight excluding hydrogens is 248 g/mol. The first-order valence-corrected chi connectivity index (χ1v) is 4.88. The molecule has 0 saturated heterocycles. The minimum absolute atomic E-state index is 0.117. The number of rotatable bonds is 0. The van der Waals surface area contributed by atoms with E-state index in [1.165, 1.54) is 12.4 Å². The topological polar surface area (TPSA) is 56.4 Å². The summed E-state index contributed by atoms with van der Waals surface area (Å²) in [6, 6.07) is -0.392. The van der Waals surface area contributed by atoms with Crippen LogP contribution in [-0.2, 0) is 0 Å². The molecule has 0 amide bonds. The van der Waals surface area contributed by atoms with Crippen molar-refractivity contribution < 1.29 is 9.52 Å². The molecule has 5 heteroatoms. The van der Waals surface area contributed by atoms with Gasteiger partial charge in [0.15, 0.2) is 18.2 Å². The van der Waals surface area contributed by atoms with E-state index in [0.717, 1.165) is 0 Å². The van der Waals surface area contributed by atoms with Gasteiger partial charge in [-0.2, -0.15) is 4.73 Å². The number of Topliss-reactive ketones (excluding diaryl/α,β-unsaturated/α-hetero) is 1. The van der Waals surface area contributed by atoms with Crippen LogP contribution in [0, 0.1) is 5.21 Å². The summed E-state index contributed by atoms with van der Waals surface area (Å²) in [6.45, 7) is 1.71. The lowest BCUT2D eigenvalue weighted by Gasteiger charge is -2.13. The van der Waals surface area contributed by atoms with Crippen LogP contribution < -0.4 is 4.73 Å². The number of halogens is 1. The van der Waals surface area contributed by atoms with Crippen molar-refractivity contribution in [2.45, 2.75) is 13.0 Å². The Morgan fingerprint density at radius 1 is 1.57 bits per heavy atom. The van der Waals surface area contributed by atoms with E-state index in [4.69, 9.17) is 0 Å². The molecule has 0 spiro atoms. The van der Waals surface area contributed by atoms with E-state index in [1.807, 2.05) is 0 Å². The van der Waals surface area contributed by atoms with Crippen LogP contribution in [0.4, 0.5) is 0 Å². The Labute approximate surface area is 89.0 Å². The maximum absolute atomic E-state index is 11.6. The number of hydrogen-bond acceptors (Lipinski definition) is 3. The number of aliphatic imine (C=N–C) groups is 1. The second-order valence-corrected chi connectivity index (χ2v) is 3.97. The SMILES string of the molecule is CC1N=Cc2c(Br)c[n+]([O-])cc2C1=O. The van der Waals surface area contributed by atoms with Gasteiger partial charge in [0.1, 0.15) is 6.04 Å². The average Bonchev–Trinajstić information content (AvgIpc) is 2.12. The second-order valence-electron chi connectivity index (χ2n) is 3.11. The lowest BCUT2D eigenvalue weighted by atomic mass is 10.00. The van der Waals surface area contributed by atoms with Crippen LogP contribution in [0.1, 0.15) is 22.8 Å². The molecular formula is C9H7BrN2O2. The van der Waals surface area contributed by atoms with E-state index in [2.05, 4.69) is 20.9 Å². The number of hydrogen-bond donors (Lipinski definition) is 0. The molecule has 4 nitrogen and oxygen atoms in total. The largest absolute Gasteiger partial charge is 0.619 e. The molecule has 1 atom stereocenters. The van der Waals surface area contributed by atoms with Crippen LogP contribution in [0.3, 0.4) is 0 Å². The summed E-state index contributed by atoms with van der Waals surface area (Å²) in [7, 11) is 0. The minimum atomic E-state index is -0.392. The number of fused-ring (bicyclic) bond motifs is 1. The summed E-state index contributed by atoms with van der Waals surface area (Å²) in [5.41, 5.74) is 1.11. The first-order valence-electron chi connectivity index (χ1n) is 4.09. The van der Waals surface area contributed by atoms with Gasteiger partial charge < -0.3 is 5.21 Å². The molecule has 1 unspecified atom stereocenters. The van der Waals surface area contributed by atoms with Crippen LogP contribution in [0.25, 0.3) is 0 Å². The van der Waals surface area contributed by atoms with Crippen molar-refractivity contribution in [3.63, 3.8) is 0 Å². The third-order valence-electron chi connectivity index (χ3n) is 2.12. The van der Waals surface area contributed by atoms with E-state index < -0.39 is 6.04 Å².